The van der Waals surface area contributed by atoms with Gasteiger partial charge in [0.15, 0.2) is 0 Å². The molecule has 0 fully saturated rings. The fraction of sp³-hybridized carbons (Fsp3) is 0.0625. The Hall–Kier alpha value is -2.27. The van der Waals surface area contributed by atoms with Crippen molar-refractivity contribution in [3.8, 4) is 10.6 Å². The fourth-order valence-corrected chi connectivity index (χ4v) is 2.63. The summed E-state index contributed by atoms with van der Waals surface area (Å²) in [4.78, 5) is 4.26. The summed E-state index contributed by atoms with van der Waals surface area (Å²) in [6.07, 6.45) is 1.76. The number of thiazole rings is 1. The summed E-state index contributed by atoms with van der Waals surface area (Å²) >= 11 is 1.56. The van der Waals surface area contributed by atoms with Crippen molar-refractivity contribution in [1.82, 2.24) is 4.98 Å². The predicted molar refractivity (Wildman–Crippen MR) is 81.2 cm³/mol. The molecule has 0 amide bonds. The molecule has 0 unspecified atom stereocenters. The molecule has 3 aromatic rings. The molecule has 0 radical (unpaired) electrons. The number of hydrogen-bond donors (Lipinski definition) is 1. The molecule has 0 saturated carbocycles. The van der Waals surface area contributed by atoms with Crippen molar-refractivity contribution in [3.05, 3.63) is 71.2 Å². The van der Waals surface area contributed by atoms with E-state index in [9.17, 15) is 8.78 Å². The van der Waals surface area contributed by atoms with E-state index in [1.54, 1.807) is 17.5 Å². The number of hydrogen-bond acceptors (Lipinski definition) is 3. The molecule has 0 aliphatic rings. The van der Waals surface area contributed by atoms with E-state index in [-0.39, 0.29) is 0 Å². The summed E-state index contributed by atoms with van der Waals surface area (Å²) in [6.45, 7) is 0.299. The summed E-state index contributed by atoms with van der Waals surface area (Å²) in [6, 6.07) is 11.3. The largest absolute Gasteiger partial charge is 0.381 e. The van der Waals surface area contributed by atoms with Crippen LogP contribution < -0.4 is 5.32 Å². The standard InChI is InChI=1S/C16H12F2N2S/c17-13-5-4-12(15(18)9-13)10-20-14-3-1-2-11(8-14)16-19-6-7-21-16/h1-9,20H,10H2. The smallest absolute Gasteiger partial charge is 0.131 e. The Morgan fingerprint density at radius 2 is 2.00 bits per heavy atom. The van der Waals surface area contributed by atoms with E-state index in [0.717, 1.165) is 22.3 Å². The van der Waals surface area contributed by atoms with Gasteiger partial charge in [0.1, 0.15) is 16.6 Å². The van der Waals surface area contributed by atoms with Gasteiger partial charge in [0, 0.05) is 41.0 Å². The van der Waals surface area contributed by atoms with Gasteiger partial charge < -0.3 is 5.32 Å². The molecule has 3 rings (SSSR count). The monoisotopic (exact) mass is 302 g/mol. The van der Waals surface area contributed by atoms with E-state index >= 15 is 0 Å². The first-order valence-electron chi connectivity index (χ1n) is 6.40. The lowest BCUT2D eigenvalue weighted by Gasteiger charge is -2.08. The Bertz CT molecular complexity index is 742. The number of halogens is 2. The van der Waals surface area contributed by atoms with Crippen molar-refractivity contribution in [2.45, 2.75) is 6.54 Å². The highest BCUT2D eigenvalue weighted by molar-refractivity contribution is 7.13. The van der Waals surface area contributed by atoms with Gasteiger partial charge in [0.05, 0.1) is 0 Å². The molecule has 2 nitrogen and oxygen atoms in total. The zero-order valence-electron chi connectivity index (χ0n) is 11.0. The van der Waals surface area contributed by atoms with Crippen LogP contribution in [0, 0.1) is 11.6 Å². The van der Waals surface area contributed by atoms with Crippen LogP contribution in [0.2, 0.25) is 0 Å². The molecule has 2 aromatic carbocycles. The van der Waals surface area contributed by atoms with Crippen LogP contribution in [0.15, 0.2) is 54.0 Å². The van der Waals surface area contributed by atoms with Crippen LogP contribution in [0.5, 0.6) is 0 Å². The highest BCUT2D eigenvalue weighted by atomic mass is 32.1. The molecule has 0 aliphatic carbocycles. The number of rotatable bonds is 4. The SMILES string of the molecule is Fc1ccc(CNc2cccc(-c3nccs3)c2)c(F)c1. The summed E-state index contributed by atoms with van der Waals surface area (Å²) in [5, 5.41) is 5.99. The minimum atomic E-state index is -0.568. The van der Waals surface area contributed by atoms with E-state index in [4.69, 9.17) is 0 Å². The zero-order valence-corrected chi connectivity index (χ0v) is 11.8. The van der Waals surface area contributed by atoms with Crippen molar-refractivity contribution in [1.29, 1.82) is 0 Å². The van der Waals surface area contributed by atoms with Gasteiger partial charge in [-0.05, 0) is 18.2 Å². The minimum absolute atomic E-state index is 0.299. The summed E-state index contributed by atoms with van der Waals surface area (Å²) in [7, 11) is 0. The number of anilines is 1. The van der Waals surface area contributed by atoms with Crippen molar-refractivity contribution in [2.24, 2.45) is 0 Å². The van der Waals surface area contributed by atoms with E-state index in [1.807, 2.05) is 29.6 Å². The van der Waals surface area contributed by atoms with Crippen LogP contribution in [0.3, 0.4) is 0 Å². The van der Waals surface area contributed by atoms with Gasteiger partial charge in [-0.2, -0.15) is 0 Å². The van der Waals surface area contributed by atoms with Gasteiger partial charge in [-0.1, -0.05) is 18.2 Å². The second-order valence-electron chi connectivity index (χ2n) is 4.51. The van der Waals surface area contributed by atoms with Crippen LogP contribution >= 0.6 is 11.3 Å². The van der Waals surface area contributed by atoms with Gasteiger partial charge >= 0.3 is 0 Å². The van der Waals surface area contributed by atoms with Crippen LogP contribution in [0.4, 0.5) is 14.5 Å². The van der Waals surface area contributed by atoms with Crippen LogP contribution in [0.25, 0.3) is 10.6 Å². The number of nitrogens with zero attached hydrogens (tertiary/aromatic N) is 1. The van der Waals surface area contributed by atoms with Gasteiger partial charge in [-0.25, -0.2) is 13.8 Å². The van der Waals surface area contributed by atoms with Gasteiger partial charge in [0.2, 0.25) is 0 Å². The summed E-state index contributed by atoms with van der Waals surface area (Å²) in [5.74, 6) is -1.11. The Labute approximate surface area is 125 Å². The molecule has 5 heteroatoms. The van der Waals surface area contributed by atoms with Crippen LogP contribution in [-0.4, -0.2) is 4.98 Å². The lowest BCUT2D eigenvalue weighted by molar-refractivity contribution is 0.574. The average molecular weight is 302 g/mol. The van der Waals surface area contributed by atoms with Gasteiger partial charge in [-0.3, -0.25) is 0 Å². The summed E-state index contributed by atoms with van der Waals surface area (Å²) in [5.41, 5.74) is 2.30. The van der Waals surface area contributed by atoms with Crippen LogP contribution in [-0.2, 0) is 6.54 Å². The molecule has 1 heterocycles. The Balaban J connectivity index is 1.75. The minimum Gasteiger partial charge on any atom is -0.381 e. The fourth-order valence-electron chi connectivity index (χ4n) is 1.99. The first-order chi connectivity index (χ1) is 10.2. The van der Waals surface area contributed by atoms with Crippen molar-refractivity contribution >= 4 is 17.0 Å². The molecule has 106 valence electrons. The third kappa shape index (κ3) is 3.25. The van der Waals surface area contributed by atoms with Crippen molar-refractivity contribution in [2.75, 3.05) is 5.32 Å². The molecule has 0 saturated heterocycles. The topological polar surface area (TPSA) is 24.9 Å². The van der Waals surface area contributed by atoms with Gasteiger partial charge in [-0.15, -0.1) is 11.3 Å². The number of nitrogens with one attached hydrogen (secondary N) is 1. The maximum absolute atomic E-state index is 13.6. The summed E-state index contributed by atoms with van der Waals surface area (Å²) < 4.78 is 26.4. The molecule has 0 spiro atoms. The molecule has 0 aliphatic heterocycles. The molecular weight excluding hydrogens is 290 g/mol. The maximum Gasteiger partial charge on any atom is 0.131 e. The zero-order chi connectivity index (χ0) is 14.7. The normalized spacial score (nSPS) is 10.6. The highest BCUT2D eigenvalue weighted by Gasteiger charge is 2.05. The molecule has 0 bridgehead atoms. The third-order valence-electron chi connectivity index (χ3n) is 3.04. The maximum atomic E-state index is 13.6. The first-order valence-corrected chi connectivity index (χ1v) is 7.28. The molecule has 21 heavy (non-hydrogen) atoms. The molecule has 1 aromatic heterocycles. The van der Waals surface area contributed by atoms with Crippen molar-refractivity contribution in [3.63, 3.8) is 0 Å². The lowest BCUT2D eigenvalue weighted by atomic mass is 10.2. The van der Waals surface area contributed by atoms with E-state index in [0.29, 0.717) is 12.1 Å². The Morgan fingerprint density at radius 3 is 2.76 bits per heavy atom. The quantitative estimate of drug-likeness (QED) is 0.755. The highest BCUT2D eigenvalue weighted by Crippen LogP contribution is 2.24. The van der Waals surface area contributed by atoms with Gasteiger partial charge in [0.25, 0.3) is 0 Å². The Kier molecular flexibility index (Phi) is 3.92. The van der Waals surface area contributed by atoms with E-state index in [2.05, 4.69) is 10.3 Å². The van der Waals surface area contributed by atoms with E-state index in [1.165, 1.54) is 12.1 Å². The predicted octanol–water partition coefficient (Wildman–Crippen LogP) is 4.70. The number of aromatic nitrogens is 1. The Morgan fingerprint density at radius 1 is 1.10 bits per heavy atom. The molecule has 1 N–H and O–H groups in total. The average Bonchev–Trinajstić information content (AvgIpc) is 3.01. The third-order valence-corrected chi connectivity index (χ3v) is 3.86. The molecule has 0 atom stereocenters. The second-order valence-corrected chi connectivity index (χ2v) is 5.40. The van der Waals surface area contributed by atoms with Crippen LogP contribution in [0.1, 0.15) is 5.56 Å². The number of benzene rings is 2. The van der Waals surface area contributed by atoms with Crippen molar-refractivity contribution < 1.29 is 8.78 Å². The lowest BCUT2D eigenvalue weighted by Crippen LogP contribution is -2.02. The second kappa shape index (κ2) is 6.01. The first kappa shape index (κ1) is 13.7. The molecular formula is C16H12F2N2S. The van der Waals surface area contributed by atoms with E-state index < -0.39 is 11.6 Å².